The Bertz CT molecular complexity index is 1280. The van der Waals surface area contributed by atoms with Crippen molar-refractivity contribution in [2.45, 2.75) is 0 Å². The molecule has 0 unspecified atom stereocenters. The van der Waals surface area contributed by atoms with Crippen LogP contribution in [-0.2, 0) is 0 Å². The van der Waals surface area contributed by atoms with Crippen molar-refractivity contribution in [3.8, 4) is 23.0 Å². The molecule has 1 heterocycles. The summed E-state index contributed by atoms with van der Waals surface area (Å²) < 4.78 is 30.4. The van der Waals surface area contributed by atoms with Crippen molar-refractivity contribution in [3.05, 3.63) is 78.7 Å². The van der Waals surface area contributed by atoms with E-state index in [0.29, 0.717) is 39.9 Å². The Morgan fingerprint density at radius 3 is 2.28 bits per heavy atom. The predicted molar refractivity (Wildman–Crippen MR) is 119 cm³/mol. The van der Waals surface area contributed by atoms with Gasteiger partial charge >= 0.3 is 6.03 Å². The zero-order chi connectivity index (χ0) is 22.7. The molecule has 4 rings (SSSR count). The molecule has 0 aliphatic heterocycles. The van der Waals surface area contributed by atoms with E-state index in [-0.39, 0.29) is 0 Å². The van der Waals surface area contributed by atoms with Gasteiger partial charge in [0.2, 0.25) is 0 Å². The monoisotopic (exact) mass is 433 g/mol. The van der Waals surface area contributed by atoms with Crippen LogP contribution < -0.4 is 24.8 Å². The fourth-order valence-corrected chi connectivity index (χ4v) is 3.35. The van der Waals surface area contributed by atoms with Crippen molar-refractivity contribution in [1.29, 1.82) is 0 Å². The fourth-order valence-electron chi connectivity index (χ4n) is 3.35. The van der Waals surface area contributed by atoms with E-state index in [1.165, 1.54) is 23.1 Å². The second kappa shape index (κ2) is 8.81. The molecule has 0 atom stereocenters. The molecule has 0 aliphatic rings. The maximum absolute atomic E-state index is 13.6. The number of carbonyl (C=O) groups excluding carboxylic acids is 1. The van der Waals surface area contributed by atoms with Crippen LogP contribution in [0.3, 0.4) is 0 Å². The topological polar surface area (TPSA) is 86.9 Å². The Labute approximate surface area is 183 Å². The number of carbonyl (C=O) groups is 1. The van der Waals surface area contributed by atoms with Gasteiger partial charge in [0, 0.05) is 17.6 Å². The SMILES string of the molecule is COc1cc2nccc(Oc3ccc(N(C(N)=O)c4cccc(F)c4)cc3)c2cc1OC. The molecule has 0 saturated carbocycles. The highest BCUT2D eigenvalue weighted by atomic mass is 19.1. The number of anilines is 2. The van der Waals surface area contributed by atoms with E-state index >= 15 is 0 Å². The Kier molecular flexibility index (Phi) is 5.76. The molecule has 0 radical (unpaired) electrons. The van der Waals surface area contributed by atoms with Crippen LogP contribution in [0.15, 0.2) is 72.9 Å². The van der Waals surface area contributed by atoms with E-state index in [0.717, 1.165) is 5.39 Å². The van der Waals surface area contributed by atoms with Crippen molar-refractivity contribution in [3.63, 3.8) is 0 Å². The quantitative estimate of drug-likeness (QED) is 0.440. The molecule has 162 valence electrons. The largest absolute Gasteiger partial charge is 0.493 e. The summed E-state index contributed by atoms with van der Waals surface area (Å²) in [6.45, 7) is 0. The number of nitrogens with two attached hydrogens (primary N) is 1. The summed E-state index contributed by atoms with van der Waals surface area (Å²) in [5.74, 6) is 1.75. The molecule has 2 amide bonds. The maximum Gasteiger partial charge on any atom is 0.323 e. The average molecular weight is 433 g/mol. The number of pyridine rings is 1. The number of rotatable bonds is 6. The molecule has 7 nitrogen and oxygen atoms in total. The fraction of sp³-hybridized carbons (Fsp3) is 0.0833. The third-order valence-electron chi connectivity index (χ3n) is 4.82. The average Bonchev–Trinajstić information content (AvgIpc) is 2.79. The van der Waals surface area contributed by atoms with E-state index in [2.05, 4.69) is 4.98 Å². The van der Waals surface area contributed by atoms with Crippen molar-refractivity contribution < 1.29 is 23.4 Å². The van der Waals surface area contributed by atoms with Crippen LogP contribution >= 0.6 is 0 Å². The van der Waals surface area contributed by atoms with Gasteiger partial charge in [0.1, 0.15) is 17.3 Å². The van der Waals surface area contributed by atoms with E-state index in [1.54, 1.807) is 68.9 Å². The minimum absolute atomic E-state index is 0.326. The number of ether oxygens (including phenoxy) is 3. The minimum atomic E-state index is -0.731. The van der Waals surface area contributed by atoms with E-state index in [1.807, 2.05) is 0 Å². The van der Waals surface area contributed by atoms with Crippen LogP contribution in [0.5, 0.6) is 23.0 Å². The number of amides is 2. The van der Waals surface area contributed by atoms with Crippen molar-refractivity contribution >= 4 is 28.3 Å². The van der Waals surface area contributed by atoms with Gasteiger partial charge in [-0.1, -0.05) is 6.07 Å². The molecule has 0 spiro atoms. The number of urea groups is 1. The van der Waals surface area contributed by atoms with Crippen LogP contribution in [0, 0.1) is 5.82 Å². The lowest BCUT2D eigenvalue weighted by Crippen LogP contribution is -2.31. The summed E-state index contributed by atoms with van der Waals surface area (Å²) in [7, 11) is 3.12. The summed E-state index contributed by atoms with van der Waals surface area (Å²) in [5, 5.41) is 0.743. The smallest absolute Gasteiger partial charge is 0.323 e. The molecule has 0 aliphatic carbocycles. The lowest BCUT2D eigenvalue weighted by Gasteiger charge is -2.21. The van der Waals surface area contributed by atoms with Gasteiger partial charge in [-0.3, -0.25) is 9.88 Å². The zero-order valence-corrected chi connectivity index (χ0v) is 17.4. The number of methoxy groups -OCH3 is 2. The molecule has 3 aromatic carbocycles. The van der Waals surface area contributed by atoms with Crippen LogP contribution in [0.2, 0.25) is 0 Å². The van der Waals surface area contributed by atoms with Crippen molar-refractivity contribution in [2.24, 2.45) is 5.73 Å². The number of aromatic nitrogens is 1. The first kappa shape index (κ1) is 20.9. The third kappa shape index (κ3) is 4.11. The first-order valence-corrected chi connectivity index (χ1v) is 9.64. The maximum atomic E-state index is 13.6. The van der Waals surface area contributed by atoms with Gasteiger partial charge in [-0.05, 0) is 54.6 Å². The standard InChI is InChI=1S/C24H20FN3O4/c1-30-22-13-19-20(14-23(22)31-2)27-11-10-21(19)32-18-8-6-16(7-9-18)28(24(26)29)17-5-3-4-15(25)12-17/h3-14H,1-2H3,(H2,26,29). The van der Waals surface area contributed by atoms with Gasteiger partial charge in [0.15, 0.2) is 11.5 Å². The number of benzene rings is 3. The number of hydrogen-bond acceptors (Lipinski definition) is 5. The Morgan fingerprint density at radius 2 is 1.62 bits per heavy atom. The molecule has 2 N–H and O–H groups in total. The lowest BCUT2D eigenvalue weighted by molar-refractivity contribution is 0.256. The van der Waals surface area contributed by atoms with Gasteiger partial charge in [-0.2, -0.15) is 0 Å². The summed E-state index contributed by atoms with van der Waals surface area (Å²) in [4.78, 5) is 17.6. The summed E-state index contributed by atoms with van der Waals surface area (Å²) in [6, 6.07) is 16.9. The molecule has 8 heteroatoms. The van der Waals surface area contributed by atoms with Crippen LogP contribution in [0.4, 0.5) is 20.6 Å². The molecular weight excluding hydrogens is 413 g/mol. The number of hydrogen-bond donors (Lipinski definition) is 1. The number of nitrogens with zero attached hydrogens (tertiary/aromatic N) is 2. The van der Waals surface area contributed by atoms with Gasteiger partial charge in [0.25, 0.3) is 0 Å². The summed E-state index contributed by atoms with van der Waals surface area (Å²) >= 11 is 0. The molecular formula is C24H20FN3O4. The van der Waals surface area contributed by atoms with Crippen molar-refractivity contribution in [1.82, 2.24) is 4.98 Å². The van der Waals surface area contributed by atoms with E-state index in [9.17, 15) is 9.18 Å². The van der Waals surface area contributed by atoms with Crippen LogP contribution in [-0.4, -0.2) is 25.2 Å². The number of halogens is 1. The van der Waals surface area contributed by atoms with Crippen LogP contribution in [0.25, 0.3) is 10.9 Å². The van der Waals surface area contributed by atoms with Gasteiger partial charge in [-0.25, -0.2) is 9.18 Å². The van der Waals surface area contributed by atoms with Gasteiger partial charge in [0.05, 0.1) is 31.1 Å². The summed E-state index contributed by atoms with van der Waals surface area (Å²) in [5.41, 5.74) is 7.01. The highest BCUT2D eigenvalue weighted by Gasteiger charge is 2.16. The number of primary amides is 1. The minimum Gasteiger partial charge on any atom is -0.493 e. The Hall–Kier alpha value is -4.33. The molecule has 0 saturated heterocycles. The van der Waals surface area contributed by atoms with Gasteiger partial charge in [-0.15, -0.1) is 0 Å². The lowest BCUT2D eigenvalue weighted by atomic mass is 10.1. The van der Waals surface area contributed by atoms with Crippen molar-refractivity contribution in [2.75, 3.05) is 19.1 Å². The van der Waals surface area contributed by atoms with E-state index in [4.69, 9.17) is 19.9 Å². The molecule has 32 heavy (non-hydrogen) atoms. The second-order valence-corrected chi connectivity index (χ2v) is 6.78. The first-order valence-electron chi connectivity index (χ1n) is 9.64. The van der Waals surface area contributed by atoms with Crippen LogP contribution in [0.1, 0.15) is 0 Å². The zero-order valence-electron chi connectivity index (χ0n) is 17.4. The molecule has 4 aromatic rings. The molecule has 1 aromatic heterocycles. The third-order valence-corrected chi connectivity index (χ3v) is 4.82. The Balaban J connectivity index is 1.65. The Morgan fingerprint density at radius 1 is 0.906 bits per heavy atom. The first-order chi connectivity index (χ1) is 15.5. The summed E-state index contributed by atoms with van der Waals surface area (Å²) in [6.07, 6.45) is 1.64. The highest BCUT2D eigenvalue weighted by molar-refractivity contribution is 5.98. The van der Waals surface area contributed by atoms with E-state index < -0.39 is 11.8 Å². The van der Waals surface area contributed by atoms with Gasteiger partial charge < -0.3 is 19.9 Å². The normalized spacial score (nSPS) is 10.6. The molecule has 0 fully saturated rings. The second-order valence-electron chi connectivity index (χ2n) is 6.78. The number of fused-ring (bicyclic) bond motifs is 1. The predicted octanol–water partition coefficient (Wildman–Crippen LogP) is 5.40. The highest BCUT2D eigenvalue weighted by Crippen LogP contribution is 2.37. The molecule has 0 bridgehead atoms.